The Morgan fingerprint density at radius 1 is 1.61 bits per heavy atom. The Morgan fingerprint density at radius 2 is 2.39 bits per heavy atom. The van der Waals surface area contributed by atoms with E-state index in [9.17, 15) is 14.9 Å². The first-order valence-corrected chi connectivity index (χ1v) is 5.66. The zero-order chi connectivity index (χ0) is 13.1. The van der Waals surface area contributed by atoms with Crippen LogP contribution in [-0.2, 0) is 4.79 Å². The number of anilines is 1. The predicted molar refractivity (Wildman–Crippen MR) is 63.5 cm³/mol. The molecule has 1 unspecified atom stereocenters. The van der Waals surface area contributed by atoms with Crippen molar-refractivity contribution in [3.05, 3.63) is 28.4 Å². The van der Waals surface area contributed by atoms with Crippen LogP contribution in [0.1, 0.15) is 12.8 Å². The Bertz CT molecular complexity index is 477. The lowest BCUT2D eigenvalue weighted by Crippen LogP contribution is -2.39. The number of piperidine rings is 1. The number of carbonyl (C=O) groups is 1. The van der Waals surface area contributed by atoms with E-state index in [1.54, 1.807) is 4.90 Å². The van der Waals surface area contributed by atoms with E-state index in [0.717, 1.165) is 0 Å². The molecule has 1 aromatic heterocycles. The summed E-state index contributed by atoms with van der Waals surface area (Å²) >= 11 is 0. The predicted octanol–water partition coefficient (Wildman–Crippen LogP) is 1.29. The van der Waals surface area contributed by atoms with Crippen molar-refractivity contribution in [3.8, 4) is 0 Å². The van der Waals surface area contributed by atoms with E-state index in [4.69, 9.17) is 5.11 Å². The fraction of sp³-hybridized carbons (Fsp3) is 0.455. The molecule has 1 aliphatic heterocycles. The van der Waals surface area contributed by atoms with E-state index in [1.165, 1.54) is 18.3 Å². The molecule has 18 heavy (non-hydrogen) atoms. The average Bonchev–Trinajstić information content (AvgIpc) is 2.39. The lowest BCUT2D eigenvalue weighted by Gasteiger charge is -2.31. The van der Waals surface area contributed by atoms with Crippen molar-refractivity contribution < 1.29 is 14.8 Å². The molecule has 1 aromatic rings. The second kappa shape index (κ2) is 4.99. The van der Waals surface area contributed by atoms with Crippen molar-refractivity contribution in [1.82, 2.24) is 4.98 Å². The van der Waals surface area contributed by atoms with Gasteiger partial charge in [0.15, 0.2) is 0 Å². The molecular formula is C11H13N3O4. The lowest BCUT2D eigenvalue weighted by molar-refractivity contribution is -0.384. The molecule has 0 amide bonds. The Kier molecular flexibility index (Phi) is 3.40. The largest absolute Gasteiger partial charge is 0.481 e. The van der Waals surface area contributed by atoms with E-state index in [2.05, 4.69) is 4.98 Å². The molecule has 1 N–H and O–H groups in total. The minimum absolute atomic E-state index is 0.0801. The van der Waals surface area contributed by atoms with Crippen molar-refractivity contribution in [3.63, 3.8) is 0 Å². The summed E-state index contributed by atoms with van der Waals surface area (Å²) in [7, 11) is 0. The fourth-order valence-electron chi connectivity index (χ4n) is 2.15. The molecule has 1 atom stereocenters. The van der Waals surface area contributed by atoms with Crippen LogP contribution in [0, 0.1) is 16.0 Å². The molecule has 7 nitrogen and oxygen atoms in total. The SMILES string of the molecule is O=C(O)C1CCCN(c2ncccc2[N+](=O)[O-])C1. The van der Waals surface area contributed by atoms with Gasteiger partial charge in [-0.25, -0.2) is 4.98 Å². The van der Waals surface area contributed by atoms with Gasteiger partial charge in [0.1, 0.15) is 0 Å². The highest BCUT2D eigenvalue weighted by atomic mass is 16.6. The first-order chi connectivity index (χ1) is 8.59. The van der Waals surface area contributed by atoms with Gasteiger partial charge >= 0.3 is 11.7 Å². The number of hydrogen-bond donors (Lipinski definition) is 1. The third-order valence-electron chi connectivity index (χ3n) is 3.03. The van der Waals surface area contributed by atoms with Gasteiger partial charge in [-0.05, 0) is 18.9 Å². The van der Waals surface area contributed by atoms with Crippen molar-refractivity contribution in [2.24, 2.45) is 5.92 Å². The van der Waals surface area contributed by atoms with Gasteiger partial charge in [0.25, 0.3) is 0 Å². The van der Waals surface area contributed by atoms with Crippen molar-refractivity contribution in [1.29, 1.82) is 0 Å². The van der Waals surface area contributed by atoms with Crippen LogP contribution < -0.4 is 4.90 Å². The lowest BCUT2D eigenvalue weighted by atomic mass is 9.98. The summed E-state index contributed by atoms with van der Waals surface area (Å²) in [6.07, 6.45) is 2.78. The molecule has 0 aromatic carbocycles. The Labute approximate surface area is 103 Å². The summed E-state index contributed by atoms with van der Waals surface area (Å²) in [6.45, 7) is 0.870. The van der Waals surface area contributed by atoms with E-state index >= 15 is 0 Å². The second-order valence-electron chi connectivity index (χ2n) is 4.23. The second-order valence-corrected chi connectivity index (χ2v) is 4.23. The van der Waals surface area contributed by atoms with Crippen LogP contribution in [0.3, 0.4) is 0 Å². The highest BCUT2D eigenvalue weighted by Gasteiger charge is 2.29. The zero-order valence-electron chi connectivity index (χ0n) is 9.65. The van der Waals surface area contributed by atoms with Gasteiger partial charge < -0.3 is 10.0 Å². The summed E-state index contributed by atoms with van der Waals surface area (Å²) < 4.78 is 0. The maximum atomic E-state index is 11.0. The molecule has 0 radical (unpaired) electrons. The molecule has 0 saturated carbocycles. The summed E-state index contributed by atoms with van der Waals surface area (Å²) in [5.41, 5.74) is -0.0801. The number of aliphatic carboxylic acids is 1. The van der Waals surface area contributed by atoms with E-state index in [-0.39, 0.29) is 18.1 Å². The normalized spacial score (nSPS) is 19.6. The van der Waals surface area contributed by atoms with Gasteiger partial charge in [-0.3, -0.25) is 14.9 Å². The maximum Gasteiger partial charge on any atom is 0.311 e. The number of rotatable bonds is 3. The number of nitrogens with zero attached hydrogens (tertiary/aromatic N) is 3. The molecule has 1 saturated heterocycles. The monoisotopic (exact) mass is 251 g/mol. The summed E-state index contributed by atoms with van der Waals surface area (Å²) in [5, 5.41) is 19.9. The van der Waals surface area contributed by atoms with Crippen molar-refractivity contribution >= 4 is 17.5 Å². The van der Waals surface area contributed by atoms with Crippen molar-refractivity contribution in [2.75, 3.05) is 18.0 Å². The highest BCUT2D eigenvalue weighted by molar-refractivity contribution is 5.71. The Hall–Kier alpha value is -2.18. The van der Waals surface area contributed by atoms with Crippen LogP contribution >= 0.6 is 0 Å². The summed E-state index contributed by atoms with van der Waals surface area (Å²) in [4.78, 5) is 27.1. The van der Waals surface area contributed by atoms with E-state index < -0.39 is 16.8 Å². The minimum atomic E-state index is -0.863. The van der Waals surface area contributed by atoms with Crippen LogP contribution in [0.2, 0.25) is 0 Å². The topological polar surface area (TPSA) is 96.6 Å². The molecule has 96 valence electrons. The van der Waals surface area contributed by atoms with Gasteiger partial charge in [0, 0.05) is 25.4 Å². The number of hydrogen-bond acceptors (Lipinski definition) is 5. The fourth-order valence-corrected chi connectivity index (χ4v) is 2.15. The molecule has 1 aliphatic rings. The number of carboxylic acid groups (broad SMARTS) is 1. The number of aromatic nitrogens is 1. The molecular weight excluding hydrogens is 238 g/mol. The van der Waals surface area contributed by atoms with Crippen molar-refractivity contribution in [2.45, 2.75) is 12.8 Å². The third-order valence-corrected chi connectivity index (χ3v) is 3.03. The van der Waals surface area contributed by atoms with Gasteiger partial charge in [0.05, 0.1) is 10.8 Å². The standard InChI is InChI=1S/C11H13N3O4/c15-11(16)8-3-2-6-13(7-8)10-9(14(17)18)4-1-5-12-10/h1,4-5,8H,2-3,6-7H2,(H,15,16). The van der Waals surface area contributed by atoms with E-state index in [0.29, 0.717) is 19.4 Å². The molecule has 0 aliphatic carbocycles. The quantitative estimate of drug-likeness (QED) is 0.642. The van der Waals surface area contributed by atoms with Crippen LogP contribution in [0.15, 0.2) is 18.3 Å². The van der Waals surface area contributed by atoms with Gasteiger partial charge in [-0.15, -0.1) is 0 Å². The number of nitro groups is 1. The van der Waals surface area contributed by atoms with Crippen LogP contribution in [0.4, 0.5) is 11.5 Å². The maximum absolute atomic E-state index is 11.0. The number of pyridine rings is 1. The van der Waals surface area contributed by atoms with E-state index in [1.807, 2.05) is 0 Å². The van der Waals surface area contributed by atoms with Gasteiger partial charge in [0.2, 0.25) is 5.82 Å². The first-order valence-electron chi connectivity index (χ1n) is 5.66. The Balaban J connectivity index is 2.26. The van der Waals surface area contributed by atoms with Gasteiger partial charge in [-0.2, -0.15) is 0 Å². The Morgan fingerprint density at radius 3 is 3.06 bits per heavy atom. The molecule has 2 rings (SSSR count). The molecule has 7 heteroatoms. The van der Waals surface area contributed by atoms with Crippen LogP contribution in [0.25, 0.3) is 0 Å². The molecule has 2 heterocycles. The summed E-state index contributed by atoms with van der Waals surface area (Å²) in [6, 6.07) is 2.88. The molecule has 0 spiro atoms. The minimum Gasteiger partial charge on any atom is -0.481 e. The molecule has 1 fully saturated rings. The molecule has 0 bridgehead atoms. The van der Waals surface area contributed by atoms with Gasteiger partial charge in [-0.1, -0.05) is 0 Å². The highest BCUT2D eigenvalue weighted by Crippen LogP contribution is 2.28. The number of carboxylic acids is 1. The zero-order valence-corrected chi connectivity index (χ0v) is 9.65. The van der Waals surface area contributed by atoms with Crippen LogP contribution in [0.5, 0.6) is 0 Å². The summed E-state index contributed by atoms with van der Waals surface area (Å²) in [5.74, 6) is -1.09. The average molecular weight is 251 g/mol. The first kappa shape index (κ1) is 12.3. The van der Waals surface area contributed by atoms with Crippen LogP contribution in [-0.4, -0.2) is 34.1 Å². The third kappa shape index (κ3) is 2.39. The smallest absolute Gasteiger partial charge is 0.311 e.